The molecule has 0 aliphatic rings. The van der Waals surface area contributed by atoms with E-state index in [2.05, 4.69) is 96.3 Å². The Bertz CT molecular complexity index is 1390. The van der Waals surface area contributed by atoms with Gasteiger partial charge in [-0.25, -0.2) is 4.98 Å². The fourth-order valence-electron chi connectivity index (χ4n) is 3.27. The lowest BCUT2D eigenvalue weighted by atomic mass is 10.1. The van der Waals surface area contributed by atoms with Crippen molar-refractivity contribution in [3.8, 4) is 5.75 Å². The van der Waals surface area contributed by atoms with Gasteiger partial charge < -0.3 is 4.74 Å². The highest BCUT2D eigenvalue weighted by Gasteiger charge is 2.10. The average Bonchev–Trinajstić information content (AvgIpc) is 2.74. The zero-order valence-corrected chi connectivity index (χ0v) is 23.2. The van der Waals surface area contributed by atoms with Crippen LogP contribution in [0.2, 0.25) is 0 Å². The summed E-state index contributed by atoms with van der Waals surface area (Å²) in [5.41, 5.74) is 3.67. The van der Waals surface area contributed by atoms with Gasteiger partial charge in [0, 0.05) is 4.47 Å². The molecular formula is C24H18BrI2N3O2. The molecule has 0 radical (unpaired) electrons. The molecule has 0 aliphatic heterocycles. The highest BCUT2D eigenvalue weighted by Crippen LogP contribution is 2.29. The first-order valence-corrected chi connectivity index (χ1v) is 12.7. The van der Waals surface area contributed by atoms with E-state index in [-0.39, 0.29) is 5.56 Å². The largest absolute Gasteiger partial charge is 0.487 e. The number of aromatic nitrogens is 2. The van der Waals surface area contributed by atoms with Gasteiger partial charge in [0.15, 0.2) is 0 Å². The van der Waals surface area contributed by atoms with Crippen LogP contribution in [0.3, 0.4) is 0 Å². The first kappa shape index (κ1) is 23.4. The van der Waals surface area contributed by atoms with Gasteiger partial charge >= 0.3 is 0 Å². The van der Waals surface area contributed by atoms with Crippen molar-refractivity contribution in [1.29, 1.82) is 0 Å². The third-order valence-electron chi connectivity index (χ3n) is 4.78. The summed E-state index contributed by atoms with van der Waals surface area (Å²) in [6.07, 6.45) is 1.68. The summed E-state index contributed by atoms with van der Waals surface area (Å²) in [5.74, 6) is 1.37. The Morgan fingerprint density at radius 2 is 1.84 bits per heavy atom. The van der Waals surface area contributed by atoms with Crippen LogP contribution in [0.25, 0.3) is 10.9 Å². The molecule has 8 heteroatoms. The number of ether oxygens (including phenoxy) is 1. The number of halogens is 3. The summed E-state index contributed by atoms with van der Waals surface area (Å²) in [4.78, 5) is 17.4. The average molecular weight is 714 g/mol. The zero-order valence-electron chi connectivity index (χ0n) is 17.3. The van der Waals surface area contributed by atoms with E-state index < -0.39 is 0 Å². The summed E-state index contributed by atoms with van der Waals surface area (Å²) < 4.78 is 10.2. The summed E-state index contributed by atoms with van der Waals surface area (Å²) in [7, 11) is 0. The van der Waals surface area contributed by atoms with E-state index in [0.717, 1.165) is 28.5 Å². The van der Waals surface area contributed by atoms with E-state index in [4.69, 9.17) is 4.74 Å². The first-order valence-electron chi connectivity index (χ1n) is 9.72. The normalized spacial score (nSPS) is 11.4. The van der Waals surface area contributed by atoms with E-state index in [1.165, 1.54) is 10.2 Å². The topological polar surface area (TPSA) is 56.5 Å². The number of fused-ring (bicyclic) bond motifs is 1. The summed E-state index contributed by atoms with van der Waals surface area (Å²) in [6, 6.07) is 17.7. The molecule has 0 unspecified atom stereocenters. The Balaban J connectivity index is 1.61. The zero-order chi connectivity index (χ0) is 22.8. The number of aryl methyl sites for hydroxylation is 2. The minimum atomic E-state index is -0.201. The van der Waals surface area contributed by atoms with Gasteiger partial charge in [0.1, 0.15) is 18.2 Å². The standard InChI is InChI=1S/C24H18BrI2N3O2/c1-14-4-3-5-16(8-14)13-32-23-20(26)9-17(10-21(23)27)12-28-30-15(2)29-22-7-6-18(25)11-19(22)24(30)31/h3-12H,13H2,1-2H3. The summed E-state index contributed by atoms with van der Waals surface area (Å²) >= 11 is 7.94. The van der Waals surface area contributed by atoms with Crippen LogP contribution < -0.4 is 10.3 Å². The maximum Gasteiger partial charge on any atom is 0.282 e. The predicted octanol–water partition coefficient (Wildman–Crippen LogP) is 6.45. The van der Waals surface area contributed by atoms with Crippen molar-refractivity contribution in [3.05, 3.63) is 99.1 Å². The number of hydrogen-bond acceptors (Lipinski definition) is 4. The molecule has 1 heterocycles. The van der Waals surface area contributed by atoms with Crippen LogP contribution in [0, 0.1) is 21.0 Å². The van der Waals surface area contributed by atoms with E-state index in [1.807, 2.05) is 30.3 Å². The van der Waals surface area contributed by atoms with Crippen LogP contribution in [0.15, 0.2) is 69.0 Å². The highest BCUT2D eigenvalue weighted by molar-refractivity contribution is 14.1. The molecule has 0 aliphatic carbocycles. The molecule has 0 N–H and O–H groups in total. The number of benzene rings is 3. The third kappa shape index (κ3) is 5.23. The summed E-state index contributed by atoms with van der Waals surface area (Å²) in [5, 5.41) is 4.94. The van der Waals surface area contributed by atoms with Gasteiger partial charge in [0.2, 0.25) is 0 Å². The predicted molar refractivity (Wildman–Crippen MR) is 149 cm³/mol. The first-order chi connectivity index (χ1) is 15.3. The van der Waals surface area contributed by atoms with Gasteiger partial charge in [0.05, 0.1) is 24.3 Å². The molecule has 1 aromatic heterocycles. The minimum absolute atomic E-state index is 0.201. The van der Waals surface area contributed by atoms with Crippen molar-refractivity contribution in [2.45, 2.75) is 20.5 Å². The number of hydrogen-bond donors (Lipinski definition) is 0. The molecule has 4 rings (SSSR count). The van der Waals surface area contributed by atoms with Crippen LogP contribution in [0.1, 0.15) is 22.5 Å². The molecule has 0 atom stereocenters. The van der Waals surface area contributed by atoms with E-state index >= 15 is 0 Å². The SMILES string of the molecule is Cc1cccc(COc2c(I)cc(C=Nn3c(C)nc4ccc(Br)cc4c3=O)cc2I)c1. The van der Waals surface area contributed by atoms with Crippen molar-refractivity contribution >= 4 is 78.2 Å². The van der Waals surface area contributed by atoms with Crippen molar-refractivity contribution in [1.82, 2.24) is 9.66 Å². The van der Waals surface area contributed by atoms with E-state index in [0.29, 0.717) is 23.3 Å². The van der Waals surface area contributed by atoms with Gasteiger partial charge in [-0.15, -0.1) is 0 Å². The van der Waals surface area contributed by atoms with Crippen LogP contribution in [0.4, 0.5) is 0 Å². The quantitative estimate of drug-likeness (QED) is 0.177. The Kier molecular flexibility index (Phi) is 7.30. The van der Waals surface area contributed by atoms with Gasteiger partial charge in [0.25, 0.3) is 5.56 Å². The van der Waals surface area contributed by atoms with Gasteiger partial charge in [-0.2, -0.15) is 9.78 Å². The minimum Gasteiger partial charge on any atom is -0.487 e. The highest BCUT2D eigenvalue weighted by atomic mass is 127. The molecule has 0 fully saturated rings. The maximum absolute atomic E-state index is 12.9. The lowest BCUT2D eigenvalue weighted by Gasteiger charge is -2.12. The Labute approximate surface area is 221 Å². The second-order valence-corrected chi connectivity index (χ2v) is 10.5. The van der Waals surface area contributed by atoms with E-state index in [1.54, 1.807) is 19.2 Å². The second kappa shape index (κ2) is 10.0. The molecule has 5 nitrogen and oxygen atoms in total. The van der Waals surface area contributed by atoms with Crippen molar-refractivity contribution in [3.63, 3.8) is 0 Å². The van der Waals surface area contributed by atoms with Crippen LogP contribution >= 0.6 is 61.1 Å². The van der Waals surface area contributed by atoms with E-state index in [9.17, 15) is 4.79 Å². The summed E-state index contributed by atoms with van der Waals surface area (Å²) in [6.45, 7) is 4.35. The molecule has 3 aromatic carbocycles. The number of rotatable bonds is 5. The fourth-order valence-corrected chi connectivity index (χ4v) is 5.76. The van der Waals surface area contributed by atoms with Crippen molar-refractivity contribution < 1.29 is 4.74 Å². The van der Waals surface area contributed by atoms with Crippen LogP contribution in [-0.4, -0.2) is 15.9 Å². The van der Waals surface area contributed by atoms with Gasteiger partial charge in [-0.3, -0.25) is 4.79 Å². The lowest BCUT2D eigenvalue weighted by Crippen LogP contribution is -2.20. The molecule has 0 bridgehead atoms. The third-order valence-corrected chi connectivity index (χ3v) is 6.87. The number of nitrogens with zero attached hydrogens (tertiary/aromatic N) is 3. The molecule has 0 saturated carbocycles. The van der Waals surface area contributed by atoms with Gasteiger partial charge in [-0.05, 0) is 100 Å². The fraction of sp³-hybridized carbons (Fsp3) is 0.125. The molecular weight excluding hydrogens is 696 g/mol. The molecule has 4 aromatic rings. The van der Waals surface area contributed by atoms with Crippen LogP contribution in [0.5, 0.6) is 5.75 Å². The second-order valence-electron chi connectivity index (χ2n) is 7.27. The molecule has 32 heavy (non-hydrogen) atoms. The Morgan fingerprint density at radius 3 is 2.56 bits per heavy atom. The monoisotopic (exact) mass is 713 g/mol. The molecule has 0 amide bonds. The smallest absolute Gasteiger partial charge is 0.282 e. The molecule has 0 saturated heterocycles. The van der Waals surface area contributed by atoms with Crippen LogP contribution in [-0.2, 0) is 6.61 Å². The molecule has 162 valence electrons. The van der Waals surface area contributed by atoms with Gasteiger partial charge in [-0.1, -0.05) is 45.8 Å². The Morgan fingerprint density at radius 1 is 1.09 bits per heavy atom. The maximum atomic E-state index is 12.9. The lowest BCUT2D eigenvalue weighted by molar-refractivity contribution is 0.301. The molecule has 0 spiro atoms. The Hall–Kier alpha value is -1.79. The van der Waals surface area contributed by atoms with Crippen molar-refractivity contribution in [2.24, 2.45) is 5.10 Å². The van der Waals surface area contributed by atoms with Crippen molar-refractivity contribution in [2.75, 3.05) is 0 Å².